The van der Waals surface area contributed by atoms with Gasteiger partial charge in [-0.1, -0.05) is 12.1 Å². The van der Waals surface area contributed by atoms with E-state index in [0.717, 1.165) is 60.0 Å². The molecule has 0 spiro atoms. The van der Waals surface area contributed by atoms with E-state index in [4.69, 9.17) is 15.0 Å². The Hall–Kier alpha value is -3.29. The van der Waals surface area contributed by atoms with Crippen LogP contribution < -0.4 is 4.90 Å². The van der Waals surface area contributed by atoms with E-state index in [1.165, 1.54) is 18.4 Å². The van der Waals surface area contributed by atoms with Crippen LogP contribution in [0.2, 0.25) is 0 Å². The SMILES string of the molecule is Cc1nc(C)n(-c2cc(C3CC3c3nc4ccccc4n3C)nc(N3CCCC3)n2)n1. The number of benzene rings is 1. The lowest BCUT2D eigenvalue weighted by Crippen LogP contribution is -2.22. The highest BCUT2D eigenvalue weighted by atomic mass is 15.4. The van der Waals surface area contributed by atoms with Crippen molar-refractivity contribution in [2.45, 2.75) is 44.9 Å². The summed E-state index contributed by atoms with van der Waals surface area (Å²) >= 11 is 0. The van der Waals surface area contributed by atoms with Crippen molar-refractivity contribution in [3.8, 4) is 5.82 Å². The molecule has 4 aromatic rings. The molecule has 0 amide bonds. The third-order valence-corrected chi connectivity index (χ3v) is 6.53. The Morgan fingerprint density at radius 1 is 0.935 bits per heavy atom. The van der Waals surface area contributed by atoms with Crippen LogP contribution in [0.15, 0.2) is 30.3 Å². The molecular formula is C23H26N8. The Balaban J connectivity index is 1.40. The summed E-state index contributed by atoms with van der Waals surface area (Å²) in [6.45, 7) is 5.90. The second-order valence-electron chi connectivity index (χ2n) is 8.73. The minimum atomic E-state index is 0.350. The number of aryl methyl sites for hydroxylation is 3. The lowest BCUT2D eigenvalue weighted by atomic mass is 10.2. The predicted molar refractivity (Wildman–Crippen MR) is 119 cm³/mol. The van der Waals surface area contributed by atoms with Gasteiger partial charge in [-0.2, -0.15) is 9.67 Å². The molecule has 2 unspecified atom stereocenters. The molecule has 6 rings (SSSR count). The molecule has 8 heteroatoms. The molecule has 3 aromatic heterocycles. The molecule has 0 bridgehead atoms. The molecule has 2 atom stereocenters. The van der Waals surface area contributed by atoms with Gasteiger partial charge in [-0.25, -0.2) is 15.0 Å². The zero-order valence-corrected chi connectivity index (χ0v) is 18.2. The fourth-order valence-corrected chi connectivity index (χ4v) is 4.84. The summed E-state index contributed by atoms with van der Waals surface area (Å²) in [6, 6.07) is 10.4. The van der Waals surface area contributed by atoms with Crippen molar-refractivity contribution in [3.63, 3.8) is 0 Å². The van der Waals surface area contributed by atoms with E-state index in [1.54, 1.807) is 0 Å². The first-order valence-electron chi connectivity index (χ1n) is 11.0. The largest absolute Gasteiger partial charge is 0.341 e. The Kier molecular flexibility index (Phi) is 4.09. The van der Waals surface area contributed by atoms with Crippen LogP contribution in [0, 0.1) is 13.8 Å². The van der Waals surface area contributed by atoms with Gasteiger partial charge in [0, 0.05) is 38.0 Å². The molecule has 31 heavy (non-hydrogen) atoms. The van der Waals surface area contributed by atoms with E-state index >= 15 is 0 Å². The van der Waals surface area contributed by atoms with Crippen LogP contribution in [0.5, 0.6) is 0 Å². The van der Waals surface area contributed by atoms with Crippen LogP contribution >= 0.6 is 0 Å². The number of hydrogen-bond donors (Lipinski definition) is 0. The van der Waals surface area contributed by atoms with Gasteiger partial charge in [-0.05, 0) is 45.2 Å². The molecule has 1 aliphatic carbocycles. The van der Waals surface area contributed by atoms with Gasteiger partial charge in [0.2, 0.25) is 5.95 Å². The minimum Gasteiger partial charge on any atom is -0.341 e. The number of fused-ring (bicyclic) bond motifs is 1. The Bertz CT molecular complexity index is 1280. The van der Waals surface area contributed by atoms with Crippen molar-refractivity contribution in [3.05, 3.63) is 53.5 Å². The Morgan fingerprint density at radius 3 is 2.48 bits per heavy atom. The van der Waals surface area contributed by atoms with Crippen molar-refractivity contribution < 1.29 is 0 Å². The molecule has 1 aromatic carbocycles. The summed E-state index contributed by atoms with van der Waals surface area (Å²) in [7, 11) is 2.11. The summed E-state index contributed by atoms with van der Waals surface area (Å²) < 4.78 is 4.07. The fraction of sp³-hybridized carbons (Fsp3) is 0.435. The van der Waals surface area contributed by atoms with Gasteiger partial charge >= 0.3 is 0 Å². The van der Waals surface area contributed by atoms with Gasteiger partial charge in [-0.3, -0.25) is 0 Å². The molecule has 0 radical (unpaired) electrons. The predicted octanol–water partition coefficient (Wildman–Crippen LogP) is 3.43. The number of nitrogens with zero attached hydrogens (tertiary/aromatic N) is 8. The van der Waals surface area contributed by atoms with Crippen molar-refractivity contribution >= 4 is 17.0 Å². The summed E-state index contributed by atoms with van der Waals surface area (Å²) in [5.41, 5.74) is 3.31. The quantitative estimate of drug-likeness (QED) is 0.509. The van der Waals surface area contributed by atoms with Crippen LogP contribution in [0.4, 0.5) is 5.95 Å². The normalized spacial score (nSPS) is 20.7. The first kappa shape index (κ1) is 18.5. The topological polar surface area (TPSA) is 77.5 Å². The second kappa shape index (κ2) is 6.87. The number of rotatable bonds is 4. The van der Waals surface area contributed by atoms with Gasteiger partial charge in [0.05, 0.1) is 16.7 Å². The molecule has 4 heterocycles. The van der Waals surface area contributed by atoms with Gasteiger partial charge in [0.15, 0.2) is 5.82 Å². The molecule has 1 saturated carbocycles. The molecule has 158 valence electrons. The standard InChI is InChI=1S/C23H26N8/c1-14-24-15(2)31(28-14)21-13-19(26-23(27-21)30-10-6-7-11-30)16-12-17(16)22-25-18-8-4-5-9-20(18)29(22)3/h4-5,8-9,13,16-17H,6-7,10-12H2,1-3H3. The van der Waals surface area contributed by atoms with Crippen LogP contribution in [-0.4, -0.2) is 47.4 Å². The van der Waals surface area contributed by atoms with Gasteiger partial charge < -0.3 is 9.47 Å². The monoisotopic (exact) mass is 414 g/mol. The maximum atomic E-state index is 5.01. The summed E-state index contributed by atoms with van der Waals surface area (Å²) in [4.78, 5) is 21.6. The van der Waals surface area contributed by atoms with E-state index in [2.05, 4.69) is 50.9 Å². The molecule has 2 aliphatic rings. The summed E-state index contributed by atoms with van der Waals surface area (Å²) in [5, 5.41) is 4.57. The fourth-order valence-electron chi connectivity index (χ4n) is 4.84. The van der Waals surface area contributed by atoms with Crippen molar-refractivity contribution in [1.82, 2.24) is 34.3 Å². The number of hydrogen-bond acceptors (Lipinski definition) is 6. The highest BCUT2D eigenvalue weighted by molar-refractivity contribution is 5.76. The molecule has 2 fully saturated rings. The zero-order chi connectivity index (χ0) is 21.1. The lowest BCUT2D eigenvalue weighted by Gasteiger charge is -2.17. The zero-order valence-electron chi connectivity index (χ0n) is 18.2. The average Bonchev–Trinajstić information content (AvgIpc) is 3.08. The van der Waals surface area contributed by atoms with Crippen LogP contribution in [0.1, 0.15) is 54.3 Å². The van der Waals surface area contributed by atoms with Crippen LogP contribution in [-0.2, 0) is 7.05 Å². The number of aromatic nitrogens is 7. The van der Waals surface area contributed by atoms with Crippen molar-refractivity contribution in [2.24, 2.45) is 7.05 Å². The molecule has 8 nitrogen and oxygen atoms in total. The molecule has 0 N–H and O–H groups in total. The highest BCUT2D eigenvalue weighted by Crippen LogP contribution is 2.54. The van der Waals surface area contributed by atoms with E-state index in [1.807, 2.05) is 24.6 Å². The number of anilines is 1. The lowest BCUT2D eigenvalue weighted by molar-refractivity contribution is 0.766. The van der Waals surface area contributed by atoms with Gasteiger partial charge in [0.25, 0.3) is 0 Å². The minimum absolute atomic E-state index is 0.350. The van der Waals surface area contributed by atoms with Crippen molar-refractivity contribution in [2.75, 3.05) is 18.0 Å². The highest BCUT2D eigenvalue weighted by Gasteiger charge is 2.44. The third-order valence-electron chi connectivity index (χ3n) is 6.53. The van der Waals surface area contributed by atoms with Crippen molar-refractivity contribution in [1.29, 1.82) is 0 Å². The number of para-hydroxylation sites is 2. The van der Waals surface area contributed by atoms with Gasteiger partial charge in [-0.15, -0.1) is 5.10 Å². The van der Waals surface area contributed by atoms with E-state index < -0.39 is 0 Å². The Labute approximate surface area is 181 Å². The van der Waals surface area contributed by atoms with E-state index in [9.17, 15) is 0 Å². The smallest absolute Gasteiger partial charge is 0.227 e. The maximum Gasteiger partial charge on any atom is 0.227 e. The molecule has 1 saturated heterocycles. The van der Waals surface area contributed by atoms with E-state index in [-0.39, 0.29) is 0 Å². The first-order valence-corrected chi connectivity index (χ1v) is 11.0. The second-order valence-corrected chi connectivity index (χ2v) is 8.73. The van der Waals surface area contributed by atoms with Gasteiger partial charge in [0.1, 0.15) is 17.5 Å². The first-order chi connectivity index (χ1) is 15.1. The van der Waals surface area contributed by atoms with Crippen LogP contribution in [0.3, 0.4) is 0 Å². The third kappa shape index (κ3) is 3.08. The summed E-state index contributed by atoms with van der Waals surface area (Å²) in [5.74, 6) is 5.09. The molecular weight excluding hydrogens is 388 g/mol. The molecule has 1 aliphatic heterocycles. The number of imidazole rings is 1. The summed E-state index contributed by atoms with van der Waals surface area (Å²) in [6.07, 6.45) is 3.44. The van der Waals surface area contributed by atoms with Crippen LogP contribution in [0.25, 0.3) is 16.9 Å². The Morgan fingerprint density at radius 2 is 1.74 bits per heavy atom. The average molecular weight is 415 g/mol. The maximum absolute atomic E-state index is 5.01. The van der Waals surface area contributed by atoms with E-state index in [0.29, 0.717) is 11.8 Å².